The van der Waals surface area contributed by atoms with Gasteiger partial charge in [-0.15, -0.1) is 0 Å². The molecule has 0 unspecified atom stereocenters. The van der Waals surface area contributed by atoms with Crippen molar-refractivity contribution >= 4 is 28.7 Å². The summed E-state index contributed by atoms with van der Waals surface area (Å²) < 4.78 is 7.32. The van der Waals surface area contributed by atoms with E-state index >= 15 is 0 Å². The van der Waals surface area contributed by atoms with Crippen molar-refractivity contribution in [2.75, 3.05) is 25.1 Å². The number of halogens is 1. The number of ether oxygens (including phenoxy) is 1. The first kappa shape index (κ1) is 14.4. The van der Waals surface area contributed by atoms with Gasteiger partial charge in [0, 0.05) is 20.2 Å². The number of hydrogen-bond acceptors (Lipinski definition) is 4. The number of rotatable bonds is 3. The summed E-state index contributed by atoms with van der Waals surface area (Å²) in [4.78, 5) is 18.4. The van der Waals surface area contributed by atoms with Crippen LogP contribution in [0.2, 0.25) is 5.02 Å². The molecule has 1 saturated heterocycles. The van der Waals surface area contributed by atoms with E-state index in [1.165, 1.54) is 0 Å². The number of carbonyl (C=O) groups excluding carboxylic acids is 1. The predicted molar refractivity (Wildman–Crippen MR) is 82.5 cm³/mol. The average Bonchev–Trinajstić information content (AvgIpc) is 2.97. The van der Waals surface area contributed by atoms with Crippen LogP contribution in [0.3, 0.4) is 0 Å². The van der Waals surface area contributed by atoms with E-state index in [1.54, 1.807) is 32.6 Å². The van der Waals surface area contributed by atoms with E-state index in [-0.39, 0.29) is 5.78 Å². The minimum atomic E-state index is 0.0105. The van der Waals surface area contributed by atoms with Gasteiger partial charge in [0.25, 0.3) is 0 Å². The summed E-state index contributed by atoms with van der Waals surface area (Å²) >= 11 is 6.25. The molecule has 2 aromatic rings. The molecule has 0 radical (unpaired) electrons. The third kappa shape index (κ3) is 2.51. The first-order valence-corrected chi connectivity index (χ1v) is 7.43. The molecule has 2 aromatic heterocycles. The van der Waals surface area contributed by atoms with E-state index < -0.39 is 0 Å². The van der Waals surface area contributed by atoms with Crippen LogP contribution in [0.15, 0.2) is 18.6 Å². The zero-order valence-corrected chi connectivity index (χ0v) is 12.9. The lowest BCUT2D eigenvalue weighted by molar-refractivity contribution is 0.0817. The van der Waals surface area contributed by atoms with Crippen molar-refractivity contribution in [1.82, 2.24) is 9.38 Å². The number of imidazole rings is 1. The number of hydrogen-bond donors (Lipinski definition) is 0. The van der Waals surface area contributed by atoms with E-state index in [0.29, 0.717) is 16.7 Å². The van der Waals surface area contributed by atoms with Crippen LogP contribution >= 0.6 is 11.6 Å². The predicted octanol–water partition coefficient (Wildman–Crippen LogP) is 2.81. The van der Waals surface area contributed by atoms with Gasteiger partial charge in [-0.3, -0.25) is 9.20 Å². The lowest BCUT2D eigenvalue weighted by atomic mass is 10.1. The topological polar surface area (TPSA) is 46.8 Å². The quantitative estimate of drug-likeness (QED) is 0.818. The molecular weight excluding hydrogens is 290 g/mol. The number of anilines is 1. The van der Waals surface area contributed by atoms with E-state index in [2.05, 4.69) is 9.88 Å². The van der Waals surface area contributed by atoms with Crippen molar-refractivity contribution in [1.29, 1.82) is 0 Å². The number of piperidine rings is 1. The fourth-order valence-corrected chi connectivity index (χ4v) is 3.17. The molecule has 0 atom stereocenters. The zero-order valence-electron chi connectivity index (χ0n) is 12.2. The normalized spacial score (nSPS) is 16.6. The molecule has 0 saturated carbocycles. The minimum absolute atomic E-state index is 0.0105. The molecule has 5 nitrogen and oxygen atoms in total. The Morgan fingerprint density at radius 2 is 2.14 bits per heavy atom. The van der Waals surface area contributed by atoms with Crippen LogP contribution in [0, 0.1) is 0 Å². The Balaban J connectivity index is 2.08. The third-order valence-electron chi connectivity index (χ3n) is 4.08. The number of pyridine rings is 1. The molecule has 0 aliphatic carbocycles. The highest BCUT2D eigenvalue weighted by molar-refractivity contribution is 6.34. The highest BCUT2D eigenvalue weighted by atomic mass is 35.5. The molecule has 0 aromatic carbocycles. The van der Waals surface area contributed by atoms with Gasteiger partial charge in [-0.25, -0.2) is 4.98 Å². The molecule has 0 spiro atoms. The largest absolute Gasteiger partial charge is 0.381 e. The second-order valence-corrected chi connectivity index (χ2v) is 5.76. The molecule has 1 aliphatic rings. The highest BCUT2D eigenvalue weighted by Crippen LogP contribution is 2.31. The minimum Gasteiger partial charge on any atom is -0.381 e. The van der Waals surface area contributed by atoms with Crippen LogP contribution in [0.1, 0.15) is 30.1 Å². The van der Waals surface area contributed by atoms with Crippen LogP contribution in [0.5, 0.6) is 0 Å². The summed E-state index contributed by atoms with van der Waals surface area (Å²) in [5, 5.41) is 0.549. The van der Waals surface area contributed by atoms with E-state index in [9.17, 15) is 4.79 Å². The Bertz CT molecular complexity index is 675. The number of carbonyl (C=O) groups is 1. The van der Waals surface area contributed by atoms with Crippen LogP contribution in [-0.2, 0) is 4.74 Å². The first-order valence-electron chi connectivity index (χ1n) is 7.05. The molecule has 112 valence electrons. The number of ketones is 1. The maximum atomic E-state index is 12.0. The summed E-state index contributed by atoms with van der Waals surface area (Å²) in [5.41, 5.74) is 1.46. The van der Waals surface area contributed by atoms with Gasteiger partial charge in [0.2, 0.25) is 0 Å². The Hall–Kier alpha value is -1.59. The summed E-state index contributed by atoms with van der Waals surface area (Å²) in [6, 6.07) is 1.75. The molecule has 21 heavy (non-hydrogen) atoms. The monoisotopic (exact) mass is 307 g/mol. The third-order valence-corrected chi connectivity index (χ3v) is 4.38. The molecular formula is C15H18ClN3O2. The summed E-state index contributed by atoms with van der Waals surface area (Å²) in [5.74, 6) is 0.894. The maximum absolute atomic E-state index is 12.0. The number of aromatic nitrogens is 2. The van der Waals surface area contributed by atoms with Gasteiger partial charge in [-0.2, -0.15) is 0 Å². The number of nitrogens with zero attached hydrogens (tertiary/aromatic N) is 3. The lowest BCUT2D eigenvalue weighted by Gasteiger charge is -2.34. The molecule has 0 N–H and O–H groups in total. The summed E-state index contributed by atoms with van der Waals surface area (Å²) in [6.45, 7) is 3.28. The first-order chi connectivity index (χ1) is 10.1. The standard InChI is InChI=1S/C15H18ClN3O2/c1-10(20)12-7-13(16)14-8-17-9-19(14)15(12)18-5-3-11(21-2)4-6-18/h7-9,11H,3-6H2,1-2H3. The fourth-order valence-electron chi connectivity index (χ4n) is 2.92. The second-order valence-electron chi connectivity index (χ2n) is 5.36. The fraction of sp³-hybridized carbons (Fsp3) is 0.467. The number of Topliss-reactive ketones (excluding diaryl/α,β-unsaturated/α-hetero) is 1. The van der Waals surface area contributed by atoms with Gasteiger partial charge in [0.1, 0.15) is 12.1 Å². The number of methoxy groups -OCH3 is 1. The van der Waals surface area contributed by atoms with Crippen molar-refractivity contribution in [3.05, 3.63) is 29.2 Å². The van der Waals surface area contributed by atoms with Gasteiger partial charge >= 0.3 is 0 Å². The van der Waals surface area contributed by atoms with Gasteiger partial charge < -0.3 is 9.64 Å². The van der Waals surface area contributed by atoms with Crippen molar-refractivity contribution in [2.45, 2.75) is 25.9 Å². The Kier molecular flexibility index (Phi) is 3.87. The molecule has 1 aliphatic heterocycles. The Morgan fingerprint density at radius 1 is 1.43 bits per heavy atom. The molecule has 0 bridgehead atoms. The molecule has 3 rings (SSSR count). The van der Waals surface area contributed by atoms with Gasteiger partial charge in [0.05, 0.1) is 28.4 Å². The Labute approximate surface area is 128 Å². The van der Waals surface area contributed by atoms with Crippen LogP contribution in [-0.4, -0.2) is 41.5 Å². The zero-order chi connectivity index (χ0) is 15.0. The van der Waals surface area contributed by atoms with E-state index in [4.69, 9.17) is 16.3 Å². The Morgan fingerprint density at radius 3 is 2.76 bits per heavy atom. The van der Waals surface area contributed by atoms with Crippen molar-refractivity contribution in [2.24, 2.45) is 0 Å². The number of fused-ring (bicyclic) bond motifs is 1. The lowest BCUT2D eigenvalue weighted by Crippen LogP contribution is -2.38. The van der Waals surface area contributed by atoms with Crippen molar-refractivity contribution in [3.8, 4) is 0 Å². The SMILES string of the molecule is COC1CCN(c2c(C(C)=O)cc(Cl)c3cncn23)CC1. The van der Waals surface area contributed by atoms with Crippen LogP contribution in [0.4, 0.5) is 5.82 Å². The van der Waals surface area contributed by atoms with Crippen LogP contribution < -0.4 is 4.90 Å². The second kappa shape index (κ2) is 5.66. The summed E-state index contributed by atoms with van der Waals surface area (Å²) in [6.07, 6.45) is 5.63. The maximum Gasteiger partial charge on any atom is 0.163 e. The smallest absolute Gasteiger partial charge is 0.163 e. The molecule has 6 heteroatoms. The van der Waals surface area contributed by atoms with Gasteiger partial charge in [-0.1, -0.05) is 11.6 Å². The average molecular weight is 308 g/mol. The van der Waals surface area contributed by atoms with Gasteiger partial charge in [0.15, 0.2) is 5.78 Å². The summed E-state index contributed by atoms with van der Waals surface area (Å²) in [7, 11) is 1.75. The molecule has 0 amide bonds. The highest BCUT2D eigenvalue weighted by Gasteiger charge is 2.24. The van der Waals surface area contributed by atoms with Crippen molar-refractivity contribution in [3.63, 3.8) is 0 Å². The molecule has 3 heterocycles. The van der Waals surface area contributed by atoms with Crippen LogP contribution in [0.25, 0.3) is 5.52 Å². The van der Waals surface area contributed by atoms with Gasteiger partial charge in [-0.05, 0) is 25.8 Å². The van der Waals surface area contributed by atoms with Crippen molar-refractivity contribution < 1.29 is 9.53 Å². The van der Waals surface area contributed by atoms with E-state index in [1.807, 2.05) is 4.40 Å². The van der Waals surface area contributed by atoms with E-state index in [0.717, 1.165) is 37.3 Å². The molecule has 1 fully saturated rings.